The molecule has 3 nitrogen and oxygen atoms in total. The molecule has 0 N–H and O–H groups in total. The number of carbonyl (C=O) groups is 2. The van der Waals surface area contributed by atoms with Crippen molar-refractivity contribution < 1.29 is 9.59 Å². The molecule has 0 atom stereocenters. The molecule has 0 radical (unpaired) electrons. The number of hydrogen-bond acceptors (Lipinski definition) is 3. The number of nitrogens with zero attached hydrogens (tertiary/aromatic N) is 1. The minimum absolute atomic E-state index is 0.283. The fourth-order valence-electron chi connectivity index (χ4n) is 3.34. The summed E-state index contributed by atoms with van der Waals surface area (Å²) < 4.78 is 0. The van der Waals surface area contributed by atoms with Crippen molar-refractivity contribution in [1.82, 2.24) is 0 Å². The van der Waals surface area contributed by atoms with Crippen LogP contribution >= 0.6 is 23.4 Å². The van der Waals surface area contributed by atoms with Gasteiger partial charge in [0.25, 0.3) is 11.8 Å². The predicted molar refractivity (Wildman–Crippen MR) is 125 cm³/mol. The van der Waals surface area contributed by atoms with E-state index in [2.05, 4.69) is 0 Å². The van der Waals surface area contributed by atoms with Crippen LogP contribution in [0.3, 0.4) is 0 Å². The molecule has 0 aromatic heterocycles. The zero-order valence-corrected chi connectivity index (χ0v) is 18.3. The van der Waals surface area contributed by atoms with Gasteiger partial charge in [0.1, 0.15) is 0 Å². The third-order valence-corrected chi connectivity index (χ3v) is 6.55. The molecule has 0 fully saturated rings. The lowest BCUT2D eigenvalue weighted by Crippen LogP contribution is -2.31. The molecule has 3 aromatic carbocycles. The van der Waals surface area contributed by atoms with Crippen molar-refractivity contribution in [2.75, 3.05) is 4.90 Å². The van der Waals surface area contributed by atoms with E-state index in [4.69, 9.17) is 11.6 Å². The number of carbonyl (C=O) groups excluding carboxylic acids is 2. The van der Waals surface area contributed by atoms with Crippen LogP contribution in [0.5, 0.6) is 0 Å². The van der Waals surface area contributed by atoms with E-state index in [-0.39, 0.29) is 11.8 Å². The van der Waals surface area contributed by atoms with Crippen molar-refractivity contribution in [2.24, 2.45) is 0 Å². The summed E-state index contributed by atoms with van der Waals surface area (Å²) in [6.45, 7) is 3.98. The number of hydrogen-bond donors (Lipinski definition) is 0. The Kier molecular flexibility index (Phi) is 5.80. The van der Waals surface area contributed by atoms with Gasteiger partial charge in [-0.25, -0.2) is 4.90 Å². The summed E-state index contributed by atoms with van der Waals surface area (Å²) in [5.41, 5.74) is 4.95. The van der Waals surface area contributed by atoms with Gasteiger partial charge in [0.2, 0.25) is 0 Å². The van der Waals surface area contributed by atoms with E-state index < -0.39 is 0 Å². The minimum Gasteiger partial charge on any atom is -0.268 e. The fourth-order valence-corrected chi connectivity index (χ4v) is 4.54. The Balaban J connectivity index is 1.75. The summed E-state index contributed by atoms with van der Waals surface area (Å²) in [5, 5.41) is 0.584. The molecule has 0 spiro atoms. The molecule has 0 saturated carbocycles. The highest BCUT2D eigenvalue weighted by Gasteiger charge is 2.40. The number of aryl methyl sites for hydroxylation is 2. The number of thioether (sulfide) groups is 1. The van der Waals surface area contributed by atoms with Crippen LogP contribution in [-0.4, -0.2) is 11.8 Å². The van der Waals surface area contributed by atoms with Crippen LogP contribution in [0.2, 0.25) is 5.02 Å². The summed E-state index contributed by atoms with van der Waals surface area (Å²) in [6.07, 6.45) is 0. The van der Waals surface area contributed by atoms with Gasteiger partial charge in [-0.15, -0.1) is 11.8 Å². The van der Waals surface area contributed by atoms with Gasteiger partial charge in [0.15, 0.2) is 0 Å². The normalized spacial score (nSPS) is 14.0. The van der Waals surface area contributed by atoms with Crippen LogP contribution in [0.4, 0.5) is 5.69 Å². The summed E-state index contributed by atoms with van der Waals surface area (Å²) >= 11 is 7.43. The maximum atomic E-state index is 13.4. The lowest BCUT2D eigenvalue weighted by Gasteiger charge is -2.16. The van der Waals surface area contributed by atoms with Gasteiger partial charge >= 0.3 is 0 Å². The zero-order chi connectivity index (χ0) is 21.3. The largest absolute Gasteiger partial charge is 0.272 e. The van der Waals surface area contributed by atoms with Crippen molar-refractivity contribution in [3.63, 3.8) is 0 Å². The first-order chi connectivity index (χ1) is 14.5. The summed E-state index contributed by atoms with van der Waals surface area (Å²) in [6, 6.07) is 22.6. The topological polar surface area (TPSA) is 37.4 Å². The molecule has 0 aliphatic carbocycles. The van der Waals surface area contributed by atoms with E-state index in [1.54, 1.807) is 24.3 Å². The quantitative estimate of drug-likeness (QED) is 0.451. The Hall–Kier alpha value is -2.82. The van der Waals surface area contributed by atoms with E-state index in [0.717, 1.165) is 16.7 Å². The number of imide groups is 1. The van der Waals surface area contributed by atoms with Crippen LogP contribution in [-0.2, 0) is 15.3 Å². The van der Waals surface area contributed by atoms with Crippen molar-refractivity contribution in [3.8, 4) is 0 Å². The van der Waals surface area contributed by atoms with Gasteiger partial charge in [-0.2, -0.15) is 0 Å². The Labute approximate surface area is 185 Å². The second-order valence-corrected chi connectivity index (χ2v) is 8.62. The van der Waals surface area contributed by atoms with E-state index in [0.29, 0.717) is 32.5 Å². The highest BCUT2D eigenvalue weighted by molar-refractivity contribution is 8.03. The number of anilines is 1. The van der Waals surface area contributed by atoms with E-state index in [1.807, 2.05) is 62.4 Å². The third kappa shape index (κ3) is 3.93. The Morgan fingerprint density at radius 3 is 2.20 bits per heavy atom. The van der Waals surface area contributed by atoms with Crippen molar-refractivity contribution in [3.05, 3.63) is 105 Å². The molecule has 1 aliphatic heterocycles. The highest BCUT2D eigenvalue weighted by atomic mass is 35.5. The summed E-state index contributed by atoms with van der Waals surface area (Å²) in [5.74, 6) is 0.0165. The first kappa shape index (κ1) is 20.5. The molecule has 5 heteroatoms. The molecule has 0 bridgehead atoms. The zero-order valence-electron chi connectivity index (χ0n) is 16.7. The molecule has 1 heterocycles. The number of benzene rings is 3. The van der Waals surface area contributed by atoms with Crippen molar-refractivity contribution in [1.29, 1.82) is 0 Å². The average Bonchev–Trinajstić information content (AvgIpc) is 2.99. The highest BCUT2D eigenvalue weighted by Crippen LogP contribution is 2.40. The fraction of sp³-hybridized carbons (Fsp3) is 0.120. The number of rotatable bonds is 5. The van der Waals surface area contributed by atoms with Crippen LogP contribution in [0.1, 0.15) is 22.3 Å². The summed E-state index contributed by atoms with van der Waals surface area (Å²) in [7, 11) is 0. The maximum Gasteiger partial charge on any atom is 0.272 e. The molecule has 30 heavy (non-hydrogen) atoms. The van der Waals surface area contributed by atoms with E-state index in [1.165, 1.54) is 16.7 Å². The smallest absolute Gasteiger partial charge is 0.268 e. The molecule has 2 amide bonds. The molecule has 150 valence electrons. The second kappa shape index (κ2) is 8.50. The van der Waals surface area contributed by atoms with Gasteiger partial charge in [-0.05, 0) is 60.4 Å². The Morgan fingerprint density at radius 1 is 0.833 bits per heavy atom. The number of amides is 2. The van der Waals surface area contributed by atoms with Gasteiger partial charge in [0, 0.05) is 10.8 Å². The van der Waals surface area contributed by atoms with Gasteiger partial charge in [-0.3, -0.25) is 9.59 Å². The molecular formula is C25H20ClNO2S. The van der Waals surface area contributed by atoms with Crippen LogP contribution in [0.15, 0.2) is 77.7 Å². The first-order valence-electron chi connectivity index (χ1n) is 9.58. The molecule has 1 aliphatic rings. The maximum absolute atomic E-state index is 13.4. The molecule has 3 aromatic rings. The Bertz CT molecular complexity index is 1150. The SMILES string of the molecule is Cc1ccc(N2C(=O)C(SCc3ccccc3)=C(c3ccc(Cl)cc3)C2=O)cc1C. The summed E-state index contributed by atoms with van der Waals surface area (Å²) in [4.78, 5) is 28.5. The molecular weight excluding hydrogens is 414 g/mol. The van der Waals surface area contributed by atoms with Gasteiger partial charge in [-0.1, -0.05) is 60.1 Å². The van der Waals surface area contributed by atoms with Gasteiger partial charge < -0.3 is 0 Å². The first-order valence-corrected chi connectivity index (χ1v) is 10.9. The molecule has 4 rings (SSSR count). The van der Waals surface area contributed by atoms with Crippen LogP contribution in [0, 0.1) is 13.8 Å². The lowest BCUT2D eigenvalue weighted by molar-refractivity contribution is -0.119. The third-order valence-electron chi connectivity index (χ3n) is 5.15. The monoisotopic (exact) mass is 433 g/mol. The second-order valence-electron chi connectivity index (χ2n) is 7.20. The number of halogens is 1. The van der Waals surface area contributed by atoms with Crippen molar-refractivity contribution in [2.45, 2.75) is 19.6 Å². The van der Waals surface area contributed by atoms with Crippen LogP contribution in [0.25, 0.3) is 5.57 Å². The van der Waals surface area contributed by atoms with E-state index >= 15 is 0 Å². The van der Waals surface area contributed by atoms with Gasteiger partial charge in [0.05, 0.1) is 16.2 Å². The molecule has 0 unspecified atom stereocenters. The predicted octanol–water partition coefficient (Wildman–Crippen LogP) is 6.17. The van der Waals surface area contributed by atoms with Crippen LogP contribution < -0.4 is 4.90 Å². The minimum atomic E-state index is -0.305. The Morgan fingerprint density at radius 2 is 1.53 bits per heavy atom. The van der Waals surface area contributed by atoms with E-state index in [9.17, 15) is 9.59 Å². The lowest BCUT2D eigenvalue weighted by atomic mass is 10.1. The average molecular weight is 434 g/mol. The molecule has 0 saturated heterocycles. The van der Waals surface area contributed by atoms with Crippen molar-refractivity contribution >= 4 is 46.4 Å². The standard InChI is InChI=1S/C25H20ClNO2S/c1-16-8-13-21(14-17(16)2)27-24(28)22(19-9-11-20(26)12-10-19)23(25(27)29)30-15-18-6-4-3-5-7-18/h3-14H,15H2,1-2H3.